The SMILES string of the molecule is N#Cc1c(Nc2ccc(F)cc2)sc2c(O)cc(=O)[nH]c12. The average molecular weight is 301 g/mol. The zero-order valence-electron chi connectivity index (χ0n) is 10.5. The molecule has 21 heavy (non-hydrogen) atoms. The molecule has 5 nitrogen and oxygen atoms in total. The summed E-state index contributed by atoms with van der Waals surface area (Å²) in [5.41, 5.74) is 0.633. The molecular weight excluding hydrogens is 293 g/mol. The van der Waals surface area contributed by atoms with Crippen LogP contribution < -0.4 is 10.9 Å². The number of aromatic amines is 1. The third kappa shape index (κ3) is 2.32. The highest BCUT2D eigenvalue weighted by molar-refractivity contribution is 7.23. The first-order valence-corrected chi connectivity index (χ1v) is 6.71. The molecule has 0 aliphatic carbocycles. The molecule has 0 spiro atoms. The monoisotopic (exact) mass is 301 g/mol. The molecule has 104 valence electrons. The van der Waals surface area contributed by atoms with E-state index in [-0.39, 0.29) is 22.6 Å². The number of fused-ring (bicyclic) bond motifs is 1. The second-order valence-electron chi connectivity index (χ2n) is 4.27. The number of nitriles is 1. The van der Waals surface area contributed by atoms with E-state index in [0.29, 0.717) is 15.4 Å². The molecule has 0 aliphatic rings. The van der Waals surface area contributed by atoms with Crippen LogP contribution in [0.4, 0.5) is 15.1 Å². The molecule has 7 heteroatoms. The zero-order chi connectivity index (χ0) is 15.0. The number of nitrogens with one attached hydrogen (secondary N) is 2. The number of anilines is 2. The van der Waals surface area contributed by atoms with E-state index in [9.17, 15) is 19.6 Å². The summed E-state index contributed by atoms with van der Waals surface area (Å²) in [6.07, 6.45) is 0. The van der Waals surface area contributed by atoms with Crippen LogP contribution in [0, 0.1) is 17.1 Å². The first-order valence-electron chi connectivity index (χ1n) is 5.90. The van der Waals surface area contributed by atoms with Gasteiger partial charge in [0.25, 0.3) is 5.56 Å². The van der Waals surface area contributed by atoms with Crippen LogP contribution in [0.25, 0.3) is 10.2 Å². The first-order chi connectivity index (χ1) is 10.1. The van der Waals surface area contributed by atoms with Crippen molar-refractivity contribution in [3.8, 4) is 11.8 Å². The van der Waals surface area contributed by atoms with E-state index >= 15 is 0 Å². The Morgan fingerprint density at radius 2 is 2.05 bits per heavy atom. The molecule has 0 aliphatic heterocycles. The van der Waals surface area contributed by atoms with Gasteiger partial charge in [0, 0.05) is 11.8 Å². The van der Waals surface area contributed by atoms with Crippen molar-refractivity contribution in [1.82, 2.24) is 4.98 Å². The zero-order valence-corrected chi connectivity index (χ0v) is 11.3. The number of halogens is 1. The van der Waals surface area contributed by atoms with Crippen LogP contribution in [0.3, 0.4) is 0 Å². The number of nitrogens with zero attached hydrogens (tertiary/aromatic N) is 1. The van der Waals surface area contributed by atoms with Crippen LogP contribution in [-0.2, 0) is 0 Å². The standard InChI is InChI=1S/C14H8FN3O2S/c15-7-1-3-8(4-2-7)17-14-9(6-16)12-13(21-14)10(19)5-11(20)18-12/h1-5,17H,(H2,18,19,20). The smallest absolute Gasteiger partial charge is 0.252 e. The highest BCUT2D eigenvalue weighted by Crippen LogP contribution is 2.39. The molecular formula is C14H8FN3O2S. The van der Waals surface area contributed by atoms with E-state index in [1.807, 2.05) is 6.07 Å². The van der Waals surface area contributed by atoms with Crippen molar-refractivity contribution in [1.29, 1.82) is 5.26 Å². The van der Waals surface area contributed by atoms with Gasteiger partial charge in [-0.2, -0.15) is 5.26 Å². The lowest BCUT2D eigenvalue weighted by molar-refractivity contribution is 0.481. The van der Waals surface area contributed by atoms with Gasteiger partial charge in [0.05, 0.1) is 10.2 Å². The lowest BCUT2D eigenvalue weighted by Gasteiger charge is -2.03. The molecule has 0 saturated heterocycles. The Bertz CT molecular complexity index is 922. The number of aromatic hydroxyl groups is 1. The molecule has 0 atom stereocenters. The summed E-state index contributed by atoms with van der Waals surface area (Å²) in [4.78, 5) is 13.9. The molecule has 0 saturated carbocycles. The molecule has 2 heterocycles. The third-order valence-electron chi connectivity index (χ3n) is 2.87. The van der Waals surface area contributed by atoms with Crippen LogP contribution in [0.2, 0.25) is 0 Å². The summed E-state index contributed by atoms with van der Waals surface area (Å²) in [6.45, 7) is 0. The van der Waals surface area contributed by atoms with Crippen LogP contribution >= 0.6 is 11.3 Å². The van der Waals surface area contributed by atoms with Crippen molar-refractivity contribution in [3.63, 3.8) is 0 Å². The molecule has 0 unspecified atom stereocenters. The number of aromatic nitrogens is 1. The Morgan fingerprint density at radius 1 is 1.33 bits per heavy atom. The number of pyridine rings is 1. The Kier molecular flexibility index (Phi) is 3.08. The van der Waals surface area contributed by atoms with Gasteiger partial charge in [0.2, 0.25) is 0 Å². The summed E-state index contributed by atoms with van der Waals surface area (Å²) in [7, 11) is 0. The maximum Gasteiger partial charge on any atom is 0.252 e. The second kappa shape index (κ2) is 4.92. The number of hydrogen-bond donors (Lipinski definition) is 3. The van der Waals surface area contributed by atoms with Gasteiger partial charge in [-0.15, -0.1) is 11.3 Å². The van der Waals surface area contributed by atoms with Crippen LogP contribution in [0.1, 0.15) is 5.56 Å². The molecule has 0 bridgehead atoms. The first kappa shape index (κ1) is 13.1. The minimum atomic E-state index is -0.484. The van der Waals surface area contributed by atoms with Crippen molar-refractivity contribution < 1.29 is 9.50 Å². The fourth-order valence-electron chi connectivity index (χ4n) is 1.94. The number of rotatable bonds is 2. The van der Waals surface area contributed by atoms with Gasteiger partial charge in [0.1, 0.15) is 28.2 Å². The minimum Gasteiger partial charge on any atom is -0.506 e. The molecule has 3 rings (SSSR count). The summed E-state index contributed by atoms with van der Waals surface area (Å²) in [6, 6.07) is 8.70. The van der Waals surface area contributed by atoms with Gasteiger partial charge in [0.15, 0.2) is 0 Å². The molecule has 3 N–H and O–H groups in total. The summed E-state index contributed by atoms with van der Waals surface area (Å²) in [5.74, 6) is -0.540. The summed E-state index contributed by atoms with van der Waals surface area (Å²) >= 11 is 1.14. The molecule has 0 radical (unpaired) electrons. The van der Waals surface area contributed by atoms with Gasteiger partial charge < -0.3 is 15.4 Å². The Balaban J connectivity index is 2.15. The third-order valence-corrected chi connectivity index (χ3v) is 4.00. The van der Waals surface area contributed by atoms with Gasteiger partial charge >= 0.3 is 0 Å². The summed E-state index contributed by atoms with van der Waals surface area (Å²) < 4.78 is 13.3. The van der Waals surface area contributed by atoms with Crippen molar-refractivity contribution in [3.05, 3.63) is 52.1 Å². The van der Waals surface area contributed by atoms with E-state index in [1.165, 1.54) is 24.3 Å². The van der Waals surface area contributed by atoms with Gasteiger partial charge in [-0.25, -0.2) is 4.39 Å². The number of benzene rings is 1. The van der Waals surface area contributed by atoms with E-state index in [2.05, 4.69) is 10.3 Å². The lowest BCUT2D eigenvalue weighted by atomic mass is 10.2. The predicted molar refractivity (Wildman–Crippen MR) is 78.5 cm³/mol. The van der Waals surface area contributed by atoms with E-state index in [1.54, 1.807) is 0 Å². The number of thiophene rings is 1. The fraction of sp³-hybridized carbons (Fsp3) is 0. The number of hydrogen-bond acceptors (Lipinski definition) is 5. The molecule has 1 aromatic carbocycles. The van der Waals surface area contributed by atoms with Gasteiger partial charge in [-0.05, 0) is 24.3 Å². The Morgan fingerprint density at radius 3 is 2.71 bits per heavy atom. The highest BCUT2D eigenvalue weighted by atomic mass is 32.1. The van der Waals surface area contributed by atoms with E-state index in [0.717, 1.165) is 17.4 Å². The van der Waals surface area contributed by atoms with E-state index in [4.69, 9.17) is 0 Å². The van der Waals surface area contributed by atoms with Crippen LogP contribution in [0.15, 0.2) is 35.1 Å². The fourth-order valence-corrected chi connectivity index (χ4v) is 2.98. The van der Waals surface area contributed by atoms with Crippen molar-refractivity contribution in [2.24, 2.45) is 0 Å². The molecule has 0 amide bonds. The second-order valence-corrected chi connectivity index (χ2v) is 5.29. The summed E-state index contributed by atoms with van der Waals surface area (Å²) in [5, 5.41) is 22.5. The van der Waals surface area contributed by atoms with Crippen molar-refractivity contribution >= 4 is 32.2 Å². The van der Waals surface area contributed by atoms with E-state index < -0.39 is 5.56 Å². The van der Waals surface area contributed by atoms with Gasteiger partial charge in [-0.1, -0.05) is 0 Å². The van der Waals surface area contributed by atoms with Crippen LogP contribution in [-0.4, -0.2) is 10.1 Å². The Labute approximate surface area is 121 Å². The van der Waals surface area contributed by atoms with Crippen molar-refractivity contribution in [2.75, 3.05) is 5.32 Å². The lowest BCUT2D eigenvalue weighted by Crippen LogP contribution is -2.02. The van der Waals surface area contributed by atoms with Gasteiger partial charge in [-0.3, -0.25) is 4.79 Å². The molecule has 0 fully saturated rings. The Hall–Kier alpha value is -2.85. The number of H-pyrrole nitrogens is 1. The average Bonchev–Trinajstić information content (AvgIpc) is 2.79. The normalized spacial score (nSPS) is 10.5. The maximum absolute atomic E-state index is 12.9. The van der Waals surface area contributed by atoms with Crippen LogP contribution in [0.5, 0.6) is 5.75 Å². The quantitative estimate of drug-likeness (QED) is 0.678. The van der Waals surface area contributed by atoms with Crippen molar-refractivity contribution in [2.45, 2.75) is 0 Å². The topological polar surface area (TPSA) is 88.9 Å². The molecule has 2 aromatic heterocycles. The molecule has 3 aromatic rings. The maximum atomic E-state index is 12.9. The minimum absolute atomic E-state index is 0.178. The highest BCUT2D eigenvalue weighted by Gasteiger charge is 2.16. The predicted octanol–water partition coefficient (Wildman–Crippen LogP) is 3.05. The largest absolute Gasteiger partial charge is 0.506 e.